The molecule has 1 aromatic carbocycles. The Labute approximate surface area is 176 Å². The summed E-state index contributed by atoms with van der Waals surface area (Å²) in [6.07, 6.45) is 4.99. The molecule has 0 spiro atoms. The third kappa shape index (κ3) is 4.10. The molecule has 1 fully saturated rings. The van der Waals surface area contributed by atoms with Crippen LogP contribution in [0.2, 0.25) is 0 Å². The number of aliphatic hydroxyl groups is 2. The van der Waals surface area contributed by atoms with Gasteiger partial charge in [-0.25, -0.2) is 4.98 Å². The van der Waals surface area contributed by atoms with Gasteiger partial charge in [0, 0.05) is 6.42 Å². The zero-order chi connectivity index (χ0) is 22.0. The number of allylic oxidation sites excluding steroid dienone is 2. The van der Waals surface area contributed by atoms with Crippen LogP contribution in [-0.2, 0) is 4.74 Å². The van der Waals surface area contributed by atoms with Crippen molar-refractivity contribution in [3.8, 4) is 6.07 Å². The summed E-state index contributed by atoms with van der Waals surface area (Å²) in [7, 11) is 0. The summed E-state index contributed by atoms with van der Waals surface area (Å²) in [6.45, 7) is -0.334. The maximum absolute atomic E-state index is 12.3. The lowest BCUT2D eigenvalue weighted by molar-refractivity contribution is -0.0434. The number of ether oxygens (including phenoxy) is 1. The molecule has 0 saturated carbocycles. The normalized spacial score (nSPS) is 21.4. The van der Waals surface area contributed by atoms with Crippen LogP contribution >= 0.6 is 0 Å². The fraction of sp³-hybridized carbons (Fsp3) is 0.238. The molecule has 5 N–H and O–H groups in total. The van der Waals surface area contributed by atoms with Gasteiger partial charge < -0.3 is 20.7 Å². The molecule has 0 bridgehead atoms. The van der Waals surface area contributed by atoms with E-state index in [2.05, 4.69) is 21.0 Å². The highest BCUT2D eigenvalue weighted by atomic mass is 16.5. The average molecular weight is 420 g/mol. The first-order chi connectivity index (χ1) is 15.0. The van der Waals surface area contributed by atoms with Crippen LogP contribution in [0.5, 0.6) is 0 Å². The van der Waals surface area contributed by atoms with Crippen LogP contribution in [0.4, 0.5) is 5.95 Å². The Morgan fingerprint density at radius 3 is 2.71 bits per heavy atom. The molecule has 1 aliphatic rings. The largest absolute Gasteiger partial charge is 0.394 e. The first-order valence-corrected chi connectivity index (χ1v) is 9.57. The molecular weight excluding hydrogens is 400 g/mol. The summed E-state index contributed by atoms with van der Waals surface area (Å²) in [5, 5.41) is 28.4. The van der Waals surface area contributed by atoms with E-state index in [1.807, 2.05) is 18.2 Å². The lowest BCUT2D eigenvalue weighted by Crippen LogP contribution is -2.24. The molecule has 0 amide bonds. The predicted molar refractivity (Wildman–Crippen MR) is 113 cm³/mol. The van der Waals surface area contributed by atoms with Crippen LogP contribution < -0.4 is 11.3 Å². The van der Waals surface area contributed by atoms with Crippen molar-refractivity contribution in [2.45, 2.75) is 24.9 Å². The Morgan fingerprint density at radius 1 is 1.29 bits per heavy atom. The van der Waals surface area contributed by atoms with Gasteiger partial charge in [0.25, 0.3) is 5.56 Å². The molecule has 10 heteroatoms. The number of aromatic nitrogens is 4. The molecule has 4 rings (SSSR count). The zero-order valence-corrected chi connectivity index (χ0v) is 16.3. The lowest BCUT2D eigenvalue weighted by Gasteiger charge is -2.15. The van der Waals surface area contributed by atoms with Gasteiger partial charge in [0.05, 0.1) is 24.3 Å². The number of H-pyrrole nitrogens is 1. The van der Waals surface area contributed by atoms with Crippen LogP contribution in [0, 0.1) is 11.3 Å². The Hall–Kier alpha value is -3.78. The van der Waals surface area contributed by atoms with Gasteiger partial charge in [0.2, 0.25) is 5.95 Å². The number of nitriles is 1. The van der Waals surface area contributed by atoms with Crippen molar-refractivity contribution >= 4 is 29.3 Å². The van der Waals surface area contributed by atoms with Crippen LogP contribution in [0.1, 0.15) is 29.6 Å². The number of benzene rings is 1. The number of nitrogens with one attached hydrogen (secondary N) is 1. The SMILES string of the molecule is N#Cc1ccc(/C=C/C=C/c2nc3c(=O)[nH]c(N)nc3n2[C@H]2C[C@H](O)[C@@H](CO)O2)cc1. The topological polar surface area (TPSA) is 163 Å². The number of nitrogen functional groups attached to an aromatic ring is 1. The molecule has 0 unspecified atom stereocenters. The summed E-state index contributed by atoms with van der Waals surface area (Å²) >= 11 is 0. The van der Waals surface area contributed by atoms with E-state index in [0.717, 1.165) is 5.56 Å². The minimum absolute atomic E-state index is 0.0628. The molecule has 2 aromatic heterocycles. The molecule has 158 valence electrons. The molecular formula is C21H20N6O4. The summed E-state index contributed by atoms with van der Waals surface area (Å²) in [6, 6.07) is 9.18. The van der Waals surface area contributed by atoms with E-state index in [-0.39, 0.29) is 30.1 Å². The smallest absolute Gasteiger partial charge is 0.280 e. The van der Waals surface area contributed by atoms with Gasteiger partial charge in [-0.2, -0.15) is 10.2 Å². The minimum Gasteiger partial charge on any atom is -0.394 e. The highest BCUT2D eigenvalue weighted by Crippen LogP contribution is 2.32. The quantitative estimate of drug-likeness (QED) is 0.443. The fourth-order valence-corrected chi connectivity index (χ4v) is 3.43. The molecule has 10 nitrogen and oxygen atoms in total. The number of anilines is 1. The Morgan fingerprint density at radius 2 is 2.03 bits per heavy atom. The van der Waals surface area contributed by atoms with E-state index in [4.69, 9.17) is 15.7 Å². The van der Waals surface area contributed by atoms with Crippen LogP contribution in [0.25, 0.3) is 23.3 Å². The van der Waals surface area contributed by atoms with E-state index in [1.54, 1.807) is 34.9 Å². The van der Waals surface area contributed by atoms with Gasteiger partial charge in [0.1, 0.15) is 18.2 Å². The van der Waals surface area contributed by atoms with E-state index >= 15 is 0 Å². The van der Waals surface area contributed by atoms with Crippen molar-refractivity contribution in [1.82, 2.24) is 19.5 Å². The van der Waals surface area contributed by atoms with E-state index in [9.17, 15) is 15.0 Å². The Bertz CT molecular complexity index is 1250. The lowest BCUT2D eigenvalue weighted by atomic mass is 10.1. The molecule has 0 radical (unpaired) electrons. The van der Waals surface area contributed by atoms with Crippen molar-refractivity contribution in [2.75, 3.05) is 12.3 Å². The summed E-state index contributed by atoms with van der Waals surface area (Å²) in [4.78, 5) is 23.3. The molecule has 0 aliphatic carbocycles. The number of aliphatic hydroxyl groups excluding tert-OH is 2. The maximum atomic E-state index is 12.3. The summed E-state index contributed by atoms with van der Waals surface area (Å²) < 4.78 is 7.33. The first kappa shape index (κ1) is 20.5. The highest BCUT2D eigenvalue weighted by Gasteiger charge is 2.36. The third-order valence-electron chi connectivity index (χ3n) is 4.95. The van der Waals surface area contributed by atoms with Gasteiger partial charge >= 0.3 is 0 Å². The fourth-order valence-electron chi connectivity index (χ4n) is 3.43. The van der Waals surface area contributed by atoms with Gasteiger partial charge in [-0.15, -0.1) is 0 Å². The number of rotatable bonds is 5. The van der Waals surface area contributed by atoms with E-state index in [0.29, 0.717) is 11.4 Å². The van der Waals surface area contributed by atoms with Crippen molar-refractivity contribution in [2.24, 2.45) is 0 Å². The van der Waals surface area contributed by atoms with Crippen LogP contribution in [0.15, 0.2) is 41.2 Å². The van der Waals surface area contributed by atoms with Gasteiger partial charge in [-0.05, 0) is 23.8 Å². The van der Waals surface area contributed by atoms with Crippen molar-refractivity contribution in [1.29, 1.82) is 5.26 Å². The second-order valence-electron chi connectivity index (χ2n) is 7.03. The number of nitrogens with zero attached hydrogens (tertiary/aromatic N) is 4. The first-order valence-electron chi connectivity index (χ1n) is 9.57. The Kier molecular flexibility index (Phi) is 5.64. The Balaban J connectivity index is 1.68. The summed E-state index contributed by atoms with van der Waals surface area (Å²) in [5.41, 5.74) is 7.03. The minimum atomic E-state index is -0.861. The monoisotopic (exact) mass is 420 g/mol. The summed E-state index contributed by atoms with van der Waals surface area (Å²) in [5.74, 6) is 0.325. The van der Waals surface area contributed by atoms with Crippen molar-refractivity contribution < 1.29 is 14.9 Å². The second kappa shape index (κ2) is 8.53. The average Bonchev–Trinajstić information content (AvgIpc) is 3.31. The molecule has 1 saturated heterocycles. The second-order valence-corrected chi connectivity index (χ2v) is 7.03. The maximum Gasteiger partial charge on any atom is 0.280 e. The molecule has 3 aromatic rings. The molecule has 1 aliphatic heterocycles. The standard InChI is InChI=1S/C21H20N6O4/c22-10-13-7-5-12(6-8-13)3-1-2-4-16-24-18-19(25-21(23)26-20(18)30)27(16)17-9-14(29)15(11-28)31-17/h1-8,14-15,17,28-29H,9,11H2,(H3,23,25,26,30)/b3-1+,4-2+/t14-,15+,17+/m0/s1. The molecule has 3 atom stereocenters. The van der Waals surface area contributed by atoms with Crippen LogP contribution in [0.3, 0.4) is 0 Å². The molecule has 3 heterocycles. The van der Waals surface area contributed by atoms with Crippen LogP contribution in [-0.4, -0.2) is 48.5 Å². The number of hydrogen-bond donors (Lipinski definition) is 4. The number of nitrogens with two attached hydrogens (primary N) is 1. The molecule has 31 heavy (non-hydrogen) atoms. The van der Waals surface area contributed by atoms with E-state index in [1.165, 1.54) is 0 Å². The van der Waals surface area contributed by atoms with Gasteiger partial charge in [0.15, 0.2) is 11.2 Å². The number of imidazole rings is 1. The van der Waals surface area contributed by atoms with Crippen molar-refractivity contribution in [3.05, 3.63) is 63.7 Å². The van der Waals surface area contributed by atoms with Gasteiger partial charge in [-0.3, -0.25) is 14.3 Å². The van der Waals surface area contributed by atoms with Crippen molar-refractivity contribution in [3.63, 3.8) is 0 Å². The van der Waals surface area contributed by atoms with Gasteiger partial charge in [-0.1, -0.05) is 30.4 Å². The van der Waals surface area contributed by atoms with E-state index < -0.39 is 24.0 Å². The third-order valence-corrected chi connectivity index (χ3v) is 4.95. The number of aromatic amines is 1. The number of hydrogen-bond acceptors (Lipinski definition) is 8. The highest BCUT2D eigenvalue weighted by molar-refractivity contribution is 5.74. The zero-order valence-electron chi connectivity index (χ0n) is 16.3. The number of fused-ring (bicyclic) bond motifs is 1. The predicted octanol–water partition coefficient (Wildman–Crippen LogP) is 0.941.